The average molecular weight is 168 g/mol. The Morgan fingerprint density at radius 1 is 1.75 bits per heavy atom. The predicted octanol–water partition coefficient (Wildman–Crippen LogP) is 0.370. The second kappa shape index (κ2) is 3.72. The summed E-state index contributed by atoms with van der Waals surface area (Å²) in [5, 5.41) is 0. The number of carbonyl (C=O) groups is 1. The number of hydrogen-bond acceptors (Lipinski definition) is 2. The first-order valence-corrected chi connectivity index (χ1v) is 4.25. The summed E-state index contributed by atoms with van der Waals surface area (Å²) in [6.45, 7) is 8.50. The van der Waals surface area contributed by atoms with Crippen LogP contribution in [-0.2, 0) is 4.79 Å². The third-order valence-corrected chi connectivity index (χ3v) is 2.17. The van der Waals surface area contributed by atoms with Crippen molar-refractivity contribution in [1.29, 1.82) is 0 Å². The van der Waals surface area contributed by atoms with Crippen molar-refractivity contribution in [2.45, 2.75) is 13.3 Å². The van der Waals surface area contributed by atoms with E-state index >= 15 is 0 Å². The second-order valence-corrected chi connectivity index (χ2v) is 3.58. The fourth-order valence-electron chi connectivity index (χ4n) is 1.59. The highest BCUT2D eigenvalue weighted by Crippen LogP contribution is 2.15. The van der Waals surface area contributed by atoms with Crippen molar-refractivity contribution in [3.63, 3.8) is 0 Å². The van der Waals surface area contributed by atoms with Gasteiger partial charge in [-0.25, -0.2) is 0 Å². The third-order valence-electron chi connectivity index (χ3n) is 2.17. The lowest BCUT2D eigenvalue weighted by Gasteiger charge is -2.14. The quantitative estimate of drug-likeness (QED) is 0.619. The van der Waals surface area contributed by atoms with Crippen molar-refractivity contribution in [2.75, 3.05) is 19.6 Å². The van der Waals surface area contributed by atoms with E-state index in [0.717, 1.165) is 31.6 Å². The number of likely N-dealkylation sites (tertiary alicyclic amines) is 1. The van der Waals surface area contributed by atoms with Crippen LogP contribution in [-0.4, -0.2) is 30.4 Å². The molecule has 1 aliphatic heterocycles. The Morgan fingerprint density at radius 2 is 2.42 bits per heavy atom. The van der Waals surface area contributed by atoms with Crippen LogP contribution in [0, 0.1) is 5.92 Å². The summed E-state index contributed by atoms with van der Waals surface area (Å²) in [6, 6.07) is 0. The summed E-state index contributed by atoms with van der Waals surface area (Å²) in [6.07, 6.45) is 0.905. The second-order valence-electron chi connectivity index (χ2n) is 3.58. The van der Waals surface area contributed by atoms with E-state index < -0.39 is 0 Å². The maximum absolute atomic E-state index is 10.8. The zero-order valence-electron chi connectivity index (χ0n) is 7.55. The summed E-state index contributed by atoms with van der Waals surface area (Å²) >= 11 is 0. The lowest BCUT2D eigenvalue weighted by atomic mass is 10.1. The monoisotopic (exact) mass is 168 g/mol. The van der Waals surface area contributed by atoms with E-state index in [2.05, 4.69) is 11.5 Å². The zero-order chi connectivity index (χ0) is 9.14. The molecule has 0 aromatic rings. The van der Waals surface area contributed by atoms with E-state index in [4.69, 9.17) is 5.73 Å². The summed E-state index contributed by atoms with van der Waals surface area (Å²) in [4.78, 5) is 13.0. The molecule has 0 aromatic carbocycles. The molecule has 1 atom stereocenters. The minimum Gasteiger partial charge on any atom is -0.369 e. The van der Waals surface area contributed by atoms with Gasteiger partial charge in [0.15, 0.2) is 0 Å². The molecule has 1 saturated heterocycles. The molecular weight excluding hydrogens is 152 g/mol. The molecule has 1 amide bonds. The fourth-order valence-corrected chi connectivity index (χ4v) is 1.59. The molecular formula is C9H16N2O. The van der Waals surface area contributed by atoms with Gasteiger partial charge < -0.3 is 5.73 Å². The van der Waals surface area contributed by atoms with E-state index in [-0.39, 0.29) is 11.8 Å². The highest BCUT2D eigenvalue weighted by molar-refractivity contribution is 5.77. The number of rotatable bonds is 3. The molecule has 1 rings (SSSR count). The van der Waals surface area contributed by atoms with E-state index in [9.17, 15) is 4.79 Å². The third kappa shape index (κ3) is 2.34. The summed E-state index contributed by atoms with van der Waals surface area (Å²) in [7, 11) is 0. The fraction of sp³-hybridized carbons (Fsp3) is 0.667. The molecule has 0 spiro atoms. The van der Waals surface area contributed by atoms with Crippen molar-refractivity contribution in [2.24, 2.45) is 11.7 Å². The van der Waals surface area contributed by atoms with Crippen molar-refractivity contribution in [1.82, 2.24) is 4.90 Å². The van der Waals surface area contributed by atoms with Gasteiger partial charge in [0, 0.05) is 13.1 Å². The normalized spacial score (nSPS) is 24.2. The number of nitrogens with zero attached hydrogens (tertiary/aromatic N) is 1. The molecule has 1 heterocycles. The summed E-state index contributed by atoms with van der Waals surface area (Å²) < 4.78 is 0. The van der Waals surface area contributed by atoms with E-state index in [1.165, 1.54) is 0 Å². The SMILES string of the molecule is C=C(C)CN1CCC(C(N)=O)C1. The van der Waals surface area contributed by atoms with Crippen molar-refractivity contribution in [3.8, 4) is 0 Å². The number of hydrogen-bond donors (Lipinski definition) is 1. The van der Waals surface area contributed by atoms with Crippen LogP contribution in [0.4, 0.5) is 0 Å². The molecule has 0 aliphatic carbocycles. The Hall–Kier alpha value is -0.830. The van der Waals surface area contributed by atoms with Gasteiger partial charge in [0.2, 0.25) is 5.91 Å². The van der Waals surface area contributed by atoms with Crippen molar-refractivity contribution < 1.29 is 4.79 Å². The number of carbonyl (C=O) groups excluding carboxylic acids is 1. The Labute approximate surface area is 73.2 Å². The van der Waals surface area contributed by atoms with Crippen LogP contribution in [0.3, 0.4) is 0 Å². The van der Waals surface area contributed by atoms with Gasteiger partial charge in [-0.15, -0.1) is 0 Å². The van der Waals surface area contributed by atoms with Crippen LogP contribution in [0.25, 0.3) is 0 Å². The Morgan fingerprint density at radius 3 is 2.83 bits per heavy atom. The summed E-state index contributed by atoms with van der Waals surface area (Å²) in [5.41, 5.74) is 6.34. The average Bonchev–Trinajstić information content (AvgIpc) is 2.34. The van der Waals surface area contributed by atoms with Crippen molar-refractivity contribution in [3.05, 3.63) is 12.2 Å². The first-order valence-electron chi connectivity index (χ1n) is 4.25. The van der Waals surface area contributed by atoms with Crippen LogP contribution in [0.15, 0.2) is 12.2 Å². The smallest absolute Gasteiger partial charge is 0.221 e. The van der Waals surface area contributed by atoms with Crippen LogP contribution in [0.1, 0.15) is 13.3 Å². The van der Waals surface area contributed by atoms with Crippen molar-refractivity contribution >= 4 is 5.91 Å². The Bertz CT molecular complexity index is 201. The zero-order valence-corrected chi connectivity index (χ0v) is 7.55. The van der Waals surface area contributed by atoms with Gasteiger partial charge in [-0.2, -0.15) is 0 Å². The minimum absolute atomic E-state index is 0.0596. The van der Waals surface area contributed by atoms with Crippen LogP contribution in [0.5, 0.6) is 0 Å². The van der Waals surface area contributed by atoms with Crippen LogP contribution >= 0.6 is 0 Å². The maximum Gasteiger partial charge on any atom is 0.221 e. The number of primary amides is 1. The molecule has 1 aliphatic rings. The predicted molar refractivity (Wildman–Crippen MR) is 48.6 cm³/mol. The van der Waals surface area contributed by atoms with Crippen LogP contribution in [0.2, 0.25) is 0 Å². The number of amides is 1. The van der Waals surface area contributed by atoms with Gasteiger partial charge >= 0.3 is 0 Å². The van der Waals surface area contributed by atoms with Gasteiger partial charge in [-0.05, 0) is 19.9 Å². The first-order chi connectivity index (χ1) is 5.59. The standard InChI is InChI=1S/C9H16N2O/c1-7(2)5-11-4-3-8(6-11)9(10)12/h8H,1,3-6H2,2H3,(H2,10,12). The van der Waals surface area contributed by atoms with E-state index in [1.54, 1.807) is 0 Å². The molecule has 0 aromatic heterocycles. The minimum atomic E-state index is -0.167. The van der Waals surface area contributed by atoms with E-state index in [0.29, 0.717) is 0 Å². The van der Waals surface area contributed by atoms with E-state index in [1.807, 2.05) is 6.92 Å². The topological polar surface area (TPSA) is 46.3 Å². The highest BCUT2D eigenvalue weighted by atomic mass is 16.1. The van der Waals surface area contributed by atoms with Crippen LogP contribution < -0.4 is 5.73 Å². The highest BCUT2D eigenvalue weighted by Gasteiger charge is 2.25. The molecule has 0 radical (unpaired) electrons. The Kier molecular flexibility index (Phi) is 2.87. The molecule has 0 saturated carbocycles. The largest absolute Gasteiger partial charge is 0.369 e. The lowest BCUT2D eigenvalue weighted by molar-refractivity contribution is -0.121. The van der Waals surface area contributed by atoms with Gasteiger partial charge in [0.25, 0.3) is 0 Å². The molecule has 3 heteroatoms. The number of nitrogens with two attached hydrogens (primary N) is 1. The molecule has 12 heavy (non-hydrogen) atoms. The molecule has 0 bridgehead atoms. The molecule has 68 valence electrons. The van der Waals surface area contributed by atoms with Gasteiger partial charge in [0.05, 0.1) is 5.92 Å². The molecule has 1 fully saturated rings. The molecule has 2 N–H and O–H groups in total. The van der Waals surface area contributed by atoms with Gasteiger partial charge in [-0.3, -0.25) is 9.69 Å². The first kappa shape index (κ1) is 9.26. The van der Waals surface area contributed by atoms with Gasteiger partial charge in [-0.1, -0.05) is 12.2 Å². The maximum atomic E-state index is 10.8. The van der Waals surface area contributed by atoms with Gasteiger partial charge in [0.1, 0.15) is 0 Å². The molecule has 1 unspecified atom stereocenters. The Balaban J connectivity index is 2.35. The lowest BCUT2D eigenvalue weighted by Crippen LogP contribution is -2.28. The molecule has 3 nitrogen and oxygen atoms in total. The summed E-state index contributed by atoms with van der Waals surface area (Å²) in [5.74, 6) is -0.108.